The van der Waals surface area contributed by atoms with Gasteiger partial charge in [0.2, 0.25) is 0 Å². The predicted octanol–water partition coefficient (Wildman–Crippen LogP) is 3.33. The summed E-state index contributed by atoms with van der Waals surface area (Å²) in [4.78, 5) is 4.40. The molecule has 5 nitrogen and oxygen atoms in total. The van der Waals surface area contributed by atoms with Crippen molar-refractivity contribution in [1.82, 2.24) is 19.6 Å². The van der Waals surface area contributed by atoms with E-state index in [-0.39, 0.29) is 5.75 Å². The molecule has 0 bridgehead atoms. The zero-order chi connectivity index (χ0) is 15.3. The third-order valence-electron chi connectivity index (χ3n) is 3.72. The highest BCUT2D eigenvalue weighted by Gasteiger charge is 2.17. The Morgan fingerprint density at radius 1 is 1.27 bits per heavy atom. The number of H-pyrrole nitrogens is 1. The first kappa shape index (κ1) is 12.8. The normalized spacial score (nSPS) is 11.4. The predicted molar refractivity (Wildman–Crippen MR) is 81.5 cm³/mol. The van der Waals surface area contributed by atoms with Crippen LogP contribution in [0.5, 0.6) is 5.75 Å². The lowest BCUT2D eigenvalue weighted by atomic mass is 10.0. The second-order valence-electron chi connectivity index (χ2n) is 5.16. The number of imidazole rings is 1. The summed E-state index contributed by atoms with van der Waals surface area (Å²) in [7, 11) is 1.47. The fourth-order valence-electron chi connectivity index (χ4n) is 2.79. The second kappa shape index (κ2) is 4.56. The van der Waals surface area contributed by atoms with E-state index in [0.717, 1.165) is 22.3 Å². The van der Waals surface area contributed by atoms with Crippen molar-refractivity contribution in [3.05, 3.63) is 48.3 Å². The number of methoxy groups -OCH3 is 1. The van der Waals surface area contributed by atoms with Gasteiger partial charge in [-0.1, -0.05) is 0 Å². The van der Waals surface area contributed by atoms with Gasteiger partial charge in [0.1, 0.15) is 5.65 Å². The third kappa shape index (κ3) is 1.77. The van der Waals surface area contributed by atoms with Crippen molar-refractivity contribution in [3.63, 3.8) is 0 Å². The van der Waals surface area contributed by atoms with E-state index >= 15 is 0 Å². The van der Waals surface area contributed by atoms with Crippen molar-refractivity contribution in [2.75, 3.05) is 7.11 Å². The lowest BCUT2D eigenvalue weighted by Gasteiger charge is -2.11. The van der Waals surface area contributed by atoms with Crippen molar-refractivity contribution >= 4 is 16.6 Å². The molecule has 0 saturated carbocycles. The number of fused-ring (bicyclic) bond motifs is 2. The first-order valence-corrected chi connectivity index (χ1v) is 6.82. The van der Waals surface area contributed by atoms with Gasteiger partial charge < -0.3 is 9.14 Å². The van der Waals surface area contributed by atoms with E-state index < -0.39 is 5.82 Å². The summed E-state index contributed by atoms with van der Waals surface area (Å²) < 4.78 is 21.5. The molecule has 1 aromatic carbocycles. The maximum Gasteiger partial charge on any atom is 0.167 e. The Bertz CT molecular complexity index is 1000. The number of aromatic nitrogens is 4. The van der Waals surface area contributed by atoms with Gasteiger partial charge in [-0.3, -0.25) is 5.10 Å². The summed E-state index contributed by atoms with van der Waals surface area (Å²) in [6.45, 7) is 1.93. The fourth-order valence-corrected chi connectivity index (χ4v) is 2.79. The van der Waals surface area contributed by atoms with Gasteiger partial charge in [0.15, 0.2) is 11.6 Å². The summed E-state index contributed by atoms with van der Waals surface area (Å²) in [6.07, 6.45) is 5.52. The van der Waals surface area contributed by atoms with Crippen LogP contribution in [-0.4, -0.2) is 26.7 Å². The van der Waals surface area contributed by atoms with E-state index in [1.54, 1.807) is 6.20 Å². The fraction of sp³-hybridized carbons (Fsp3) is 0.125. The molecule has 4 aromatic rings. The SMILES string of the molecule is COc1c(F)cc2[nH]ncc2c1-c1ccc2nc(C)cn2c1. The lowest BCUT2D eigenvalue weighted by Crippen LogP contribution is -1.94. The van der Waals surface area contributed by atoms with Crippen LogP contribution >= 0.6 is 0 Å². The molecule has 0 fully saturated rings. The van der Waals surface area contributed by atoms with Crippen LogP contribution in [0.3, 0.4) is 0 Å². The van der Waals surface area contributed by atoms with E-state index in [0.29, 0.717) is 11.1 Å². The van der Waals surface area contributed by atoms with Crippen molar-refractivity contribution in [3.8, 4) is 16.9 Å². The topological polar surface area (TPSA) is 55.2 Å². The van der Waals surface area contributed by atoms with Crippen LogP contribution < -0.4 is 4.74 Å². The van der Waals surface area contributed by atoms with Gasteiger partial charge in [-0.25, -0.2) is 9.37 Å². The third-order valence-corrected chi connectivity index (χ3v) is 3.72. The average Bonchev–Trinajstić information content (AvgIpc) is 3.09. The average molecular weight is 296 g/mol. The molecule has 1 N–H and O–H groups in total. The quantitative estimate of drug-likeness (QED) is 0.617. The monoisotopic (exact) mass is 296 g/mol. The van der Waals surface area contributed by atoms with Crippen LogP contribution in [0, 0.1) is 12.7 Å². The number of nitrogens with zero attached hydrogens (tertiary/aromatic N) is 3. The Morgan fingerprint density at radius 3 is 2.95 bits per heavy atom. The van der Waals surface area contributed by atoms with Gasteiger partial charge in [0.25, 0.3) is 0 Å². The van der Waals surface area contributed by atoms with E-state index in [1.807, 2.05) is 35.9 Å². The Balaban J connectivity index is 2.07. The number of halogens is 1. The van der Waals surface area contributed by atoms with Gasteiger partial charge in [0, 0.05) is 35.0 Å². The minimum Gasteiger partial charge on any atom is -0.493 e. The van der Waals surface area contributed by atoms with Gasteiger partial charge in [-0.15, -0.1) is 0 Å². The van der Waals surface area contributed by atoms with Crippen LogP contribution in [0.1, 0.15) is 5.69 Å². The zero-order valence-electron chi connectivity index (χ0n) is 12.1. The summed E-state index contributed by atoms with van der Waals surface area (Å²) in [6, 6.07) is 5.20. The molecular weight excluding hydrogens is 283 g/mol. The number of ether oxygens (including phenoxy) is 1. The van der Waals surface area contributed by atoms with Gasteiger partial charge in [0.05, 0.1) is 24.5 Å². The van der Waals surface area contributed by atoms with Crippen molar-refractivity contribution in [2.45, 2.75) is 6.92 Å². The van der Waals surface area contributed by atoms with Crippen molar-refractivity contribution in [2.24, 2.45) is 0 Å². The minimum absolute atomic E-state index is 0.213. The molecule has 0 amide bonds. The summed E-state index contributed by atoms with van der Waals surface area (Å²) in [5.74, 6) is -0.207. The van der Waals surface area contributed by atoms with Crippen LogP contribution in [0.2, 0.25) is 0 Å². The lowest BCUT2D eigenvalue weighted by molar-refractivity contribution is 0.389. The molecule has 0 aliphatic heterocycles. The Morgan fingerprint density at radius 2 is 2.14 bits per heavy atom. The highest BCUT2D eigenvalue weighted by atomic mass is 19.1. The number of rotatable bonds is 2. The summed E-state index contributed by atoms with van der Waals surface area (Å²) >= 11 is 0. The molecule has 6 heteroatoms. The van der Waals surface area contributed by atoms with E-state index in [2.05, 4.69) is 15.2 Å². The number of hydrogen-bond acceptors (Lipinski definition) is 3. The number of benzene rings is 1. The molecule has 0 unspecified atom stereocenters. The number of aromatic amines is 1. The molecule has 0 saturated heterocycles. The Kier molecular flexibility index (Phi) is 2.66. The highest BCUT2D eigenvalue weighted by Crippen LogP contribution is 2.38. The molecular formula is C16H13FN4O. The molecule has 0 atom stereocenters. The Hall–Kier alpha value is -2.89. The second-order valence-corrected chi connectivity index (χ2v) is 5.16. The molecule has 0 spiro atoms. The summed E-state index contributed by atoms with van der Waals surface area (Å²) in [5.41, 5.74) is 3.93. The van der Waals surface area contributed by atoms with Crippen molar-refractivity contribution in [1.29, 1.82) is 0 Å². The smallest absolute Gasteiger partial charge is 0.167 e. The molecule has 0 radical (unpaired) electrons. The first-order chi connectivity index (χ1) is 10.7. The molecule has 4 rings (SSSR count). The number of pyridine rings is 1. The van der Waals surface area contributed by atoms with Crippen molar-refractivity contribution < 1.29 is 9.13 Å². The van der Waals surface area contributed by atoms with Crippen LogP contribution in [0.15, 0.2) is 36.8 Å². The van der Waals surface area contributed by atoms with Gasteiger partial charge in [-0.2, -0.15) is 5.10 Å². The standard InChI is InChI=1S/C16H13FN4O/c1-9-7-21-8-10(3-4-14(21)19-9)15-11-6-18-20-13(11)5-12(17)16(15)22-2/h3-8H,1-2H3,(H,18,20). The first-order valence-electron chi connectivity index (χ1n) is 6.82. The van der Waals surface area contributed by atoms with E-state index in [9.17, 15) is 4.39 Å². The van der Waals surface area contributed by atoms with E-state index in [1.165, 1.54) is 13.2 Å². The maximum absolute atomic E-state index is 14.3. The number of hydrogen-bond donors (Lipinski definition) is 1. The number of aryl methyl sites for hydroxylation is 1. The number of nitrogens with one attached hydrogen (secondary N) is 1. The summed E-state index contributed by atoms with van der Waals surface area (Å²) in [5, 5.41) is 7.62. The van der Waals surface area contributed by atoms with E-state index in [4.69, 9.17) is 4.74 Å². The zero-order valence-corrected chi connectivity index (χ0v) is 12.1. The van der Waals surface area contributed by atoms with Gasteiger partial charge in [-0.05, 0) is 19.1 Å². The molecule has 0 aliphatic carbocycles. The molecule has 3 aromatic heterocycles. The minimum atomic E-state index is -0.420. The van der Waals surface area contributed by atoms with Crippen LogP contribution in [0.25, 0.3) is 27.7 Å². The van der Waals surface area contributed by atoms with Gasteiger partial charge >= 0.3 is 0 Å². The largest absolute Gasteiger partial charge is 0.493 e. The van der Waals surface area contributed by atoms with Crippen LogP contribution in [-0.2, 0) is 0 Å². The van der Waals surface area contributed by atoms with Crippen LogP contribution in [0.4, 0.5) is 4.39 Å². The molecule has 0 aliphatic rings. The maximum atomic E-state index is 14.3. The molecule has 22 heavy (non-hydrogen) atoms. The molecule has 3 heterocycles. The molecule has 110 valence electrons. The highest BCUT2D eigenvalue weighted by molar-refractivity contribution is 5.97. The Labute approximate surface area is 125 Å².